The summed E-state index contributed by atoms with van der Waals surface area (Å²) in [6, 6.07) is 5.17. The number of hydrogen-bond donors (Lipinski definition) is 1. The van der Waals surface area contributed by atoms with Crippen LogP contribution in [0.1, 0.15) is 31.2 Å². The number of amides is 1. The third-order valence-corrected chi connectivity index (χ3v) is 5.18. The van der Waals surface area contributed by atoms with Gasteiger partial charge in [0.05, 0.1) is 34.0 Å². The molecule has 0 atom stereocenters. The number of anilines is 1. The largest absolute Gasteiger partial charge is 0.497 e. The van der Waals surface area contributed by atoms with Crippen LogP contribution in [0.15, 0.2) is 24.3 Å². The standard InChI is InChI=1S/C20H21NO7S/c1-11-16(19(23)27-4)18(29-17(11)20(24)28-5)21-15(22)9-6-12-10-13(25-2)7-8-14(12)26-3/h6-10H,1-5H3,(H,21,22)/b9-6+. The normalized spacial score (nSPS) is 10.5. The summed E-state index contributed by atoms with van der Waals surface area (Å²) in [6.45, 7) is 1.58. The molecule has 0 bridgehead atoms. The van der Waals surface area contributed by atoms with E-state index in [1.807, 2.05) is 0 Å². The summed E-state index contributed by atoms with van der Waals surface area (Å²) in [5.41, 5.74) is 1.12. The Morgan fingerprint density at radius 3 is 2.28 bits per heavy atom. The van der Waals surface area contributed by atoms with Crippen molar-refractivity contribution in [1.29, 1.82) is 0 Å². The van der Waals surface area contributed by atoms with E-state index >= 15 is 0 Å². The van der Waals surface area contributed by atoms with E-state index in [-0.39, 0.29) is 15.4 Å². The van der Waals surface area contributed by atoms with Gasteiger partial charge in [0.1, 0.15) is 21.4 Å². The zero-order valence-corrected chi connectivity index (χ0v) is 17.5. The Balaban J connectivity index is 2.32. The van der Waals surface area contributed by atoms with E-state index in [0.29, 0.717) is 22.6 Å². The maximum Gasteiger partial charge on any atom is 0.348 e. The van der Waals surface area contributed by atoms with Crippen LogP contribution in [0.3, 0.4) is 0 Å². The average molecular weight is 419 g/mol. The summed E-state index contributed by atoms with van der Waals surface area (Å²) < 4.78 is 19.9. The van der Waals surface area contributed by atoms with E-state index in [9.17, 15) is 14.4 Å². The molecule has 2 rings (SSSR count). The second-order valence-corrected chi connectivity index (χ2v) is 6.69. The molecule has 0 unspecified atom stereocenters. The lowest BCUT2D eigenvalue weighted by atomic mass is 10.1. The molecular weight excluding hydrogens is 398 g/mol. The topological polar surface area (TPSA) is 100 Å². The maximum absolute atomic E-state index is 12.4. The van der Waals surface area contributed by atoms with Gasteiger partial charge in [0.2, 0.25) is 5.91 Å². The van der Waals surface area contributed by atoms with Crippen molar-refractivity contribution in [3.05, 3.63) is 45.8 Å². The van der Waals surface area contributed by atoms with Gasteiger partial charge in [-0.2, -0.15) is 0 Å². The number of methoxy groups -OCH3 is 4. The molecule has 1 amide bonds. The minimum atomic E-state index is -0.664. The molecule has 1 N–H and O–H groups in total. The second kappa shape index (κ2) is 9.74. The van der Waals surface area contributed by atoms with E-state index in [2.05, 4.69) is 5.32 Å². The molecule has 0 radical (unpaired) electrons. The van der Waals surface area contributed by atoms with Crippen molar-refractivity contribution >= 4 is 40.3 Å². The molecule has 1 aromatic heterocycles. The fourth-order valence-corrected chi connectivity index (χ4v) is 3.64. The molecule has 8 nitrogen and oxygen atoms in total. The predicted molar refractivity (Wildman–Crippen MR) is 109 cm³/mol. The smallest absolute Gasteiger partial charge is 0.348 e. The Hall–Kier alpha value is -3.33. The molecule has 9 heteroatoms. The van der Waals surface area contributed by atoms with Crippen LogP contribution in [0, 0.1) is 6.92 Å². The zero-order valence-electron chi connectivity index (χ0n) is 16.7. The highest BCUT2D eigenvalue weighted by Crippen LogP contribution is 2.34. The number of nitrogens with one attached hydrogen (secondary N) is 1. The molecule has 2 aromatic rings. The van der Waals surface area contributed by atoms with E-state index in [4.69, 9.17) is 18.9 Å². The number of carbonyl (C=O) groups is 3. The minimum absolute atomic E-state index is 0.110. The molecule has 154 valence electrons. The van der Waals surface area contributed by atoms with Gasteiger partial charge in [0, 0.05) is 11.6 Å². The van der Waals surface area contributed by atoms with E-state index in [1.165, 1.54) is 34.5 Å². The van der Waals surface area contributed by atoms with Gasteiger partial charge in [-0.15, -0.1) is 11.3 Å². The third kappa shape index (κ3) is 4.94. The lowest BCUT2D eigenvalue weighted by molar-refractivity contribution is -0.111. The Kier molecular flexibility index (Phi) is 7.38. The highest BCUT2D eigenvalue weighted by molar-refractivity contribution is 7.18. The Labute approximate surface area is 172 Å². The zero-order chi connectivity index (χ0) is 21.6. The van der Waals surface area contributed by atoms with Crippen molar-refractivity contribution in [3.63, 3.8) is 0 Å². The van der Waals surface area contributed by atoms with Crippen molar-refractivity contribution in [1.82, 2.24) is 0 Å². The quantitative estimate of drug-likeness (QED) is 0.543. The van der Waals surface area contributed by atoms with Crippen LogP contribution >= 0.6 is 11.3 Å². The van der Waals surface area contributed by atoms with Gasteiger partial charge < -0.3 is 24.3 Å². The molecule has 1 aromatic carbocycles. The van der Waals surface area contributed by atoms with Gasteiger partial charge >= 0.3 is 11.9 Å². The Bertz CT molecular complexity index is 962. The molecule has 0 saturated heterocycles. The summed E-state index contributed by atoms with van der Waals surface area (Å²) in [5, 5.41) is 2.81. The van der Waals surface area contributed by atoms with Gasteiger partial charge in [-0.1, -0.05) is 0 Å². The first-order chi connectivity index (χ1) is 13.9. The van der Waals surface area contributed by atoms with E-state index in [1.54, 1.807) is 31.2 Å². The molecule has 0 saturated carbocycles. The summed E-state index contributed by atoms with van der Waals surface area (Å²) in [6.07, 6.45) is 2.83. The molecule has 0 aliphatic carbocycles. The van der Waals surface area contributed by atoms with Crippen molar-refractivity contribution < 1.29 is 33.3 Å². The first-order valence-electron chi connectivity index (χ1n) is 8.37. The van der Waals surface area contributed by atoms with Crippen LogP contribution in [0.4, 0.5) is 5.00 Å². The molecule has 0 aliphatic heterocycles. The highest BCUT2D eigenvalue weighted by Gasteiger charge is 2.26. The molecular formula is C20H21NO7S. The van der Waals surface area contributed by atoms with Crippen molar-refractivity contribution in [2.45, 2.75) is 6.92 Å². The minimum Gasteiger partial charge on any atom is -0.497 e. The summed E-state index contributed by atoms with van der Waals surface area (Å²) in [4.78, 5) is 36.7. The molecule has 29 heavy (non-hydrogen) atoms. The fourth-order valence-electron chi connectivity index (χ4n) is 2.53. The maximum atomic E-state index is 12.4. The average Bonchev–Trinajstić information content (AvgIpc) is 3.06. The molecule has 0 aliphatic rings. The van der Waals surface area contributed by atoms with Crippen LogP contribution in [-0.4, -0.2) is 46.3 Å². The first kappa shape index (κ1) is 22.0. The van der Waals surface area contributed by atoms with Crippen molar-refractivity contribution in [3.8, 4) is 11.5 Å². The number of hydrogen-bond acceptors (Lipinski definition) is 8. The van der Waals surface area contributed by atoms with Gasteiger partial charge in [-0.3, -0.25) is 4.79 Å². The first-order valence-corrected chi connectivity index (χ1v) is 9.19. The van der Waals surface area contributed by atoms with Crippen molar-refractivity contribution in [2.75, 3.05) is 33.8 Å². The van der Waals surface area contributed by atoms with Crippen LogP contribution in [0.2, 0.25) is 0 Å². The number of ether oxygens (including phenoxy) is 4. The van der Waals surface area contributed by atoms with Gasteiger partial charge in [0.15, 0.2) is 0 Å². The van der Waals surface area contributed by atoms with Gasteiger partial charge in [-0.05, 0) is 36.8 Å². The van der Waals surface area contributed by atoms with Crippen LogP contribution in [-0.2, 0) is 14.3 Å². The molecule has 0 spiro atoms. The van der Waals surface area contributed by atoms with Crippen molar-refractivity contribution in [2.24, 2.45) is 0 Å². The molecule has 1 heterocycles. The number of esters is 2. The number of thiophene rings is 1. The number of rotatable bonds is 7. The van der Waals surface area contributed by atoms with E-state index in [0.717, 1.165) is 11.3 Å². The molecule has 0 fully saturated rings. The Morgan fingerprint density at radius 1 is 1.00 bits per heavy atom. The Morgan fingerprint density at radius 2 is 1.69 bits per heavy atom. The van der Waals surface area contributed by atoms with E-state index < -0.39 is 17.8 Å². The van der Waals surface area contributed by atoms with Crippen LogP contribution in [0.25, 0.3) is 6.08 Å². The highest BCUT2D eigenvalue weighted by atomic mass is 32.1. The van der Waals surface area contributed by atoms with Gasteiger partial charge in [-0.25, -0.2) is 9.59 Å². The second-order valence-electron chi connectivity index (χ2n) is 5.67. The predicted octanol–water partition coefficient (Wildman–Crippen LogP) is 3.30. The third-order valence-electron chi connectivity index (χ3n) is 3.99. The van der Waals surface area contributed by atoms with Crippen LogP contribution < -0.4 is 14.8 Å². The summed E-state index contributed by atoms with van der Waals surface area (Å²) in [7, 11) is 5.51. The number of benzene rings is 1. The van der Waals surface area contributed by atoms with Crippen LogP contribution in [0.5, 0.6) is 11.5 Å². The van der Waals surface area contributed by atoms with Gasteiger partial charge in [0.25, 0.3) is 0 Å². The summed E-state index contributed by atoms with van der Waals surface area (Å²) >= 11 is 0.940. The number of carbonyl (C=O) groups excluding carboxylic acids is 3. The lowest BCUT2D eigenvalue weighted by Crippen LogP contribution is -2.11. The SMILES string of the molecule is COC(=O)c1sc(NC(=O)/C=C/c2cc(OC)ccc2OC)c(C(=O)OC)c1C. The summed E-state index contributed by atoms with van der Waals surface area (Å²) in [5.74, 6) is -0.601. The monoisotopic (exact) mass is 419 g/mol. The lowest BCUT2D eigenvalue weighted by Gasteiger charge is -2.07. The fraction of sp³-hybridized carbons (Fsp3) is 0.250.